The number of carboxylic acid groups (broad SMARTS) is 1. The number of hydrogen-bond acceptors (Lipinski definition) is 4. The number of benzene rings is 1. The fourth-order valence-electron chi connectivity index (χ4n) is 2.00. The van der Waals surface area contributed by atoms with Gasteiger partial charge in [0.15, 0.2) is 0 Å². The van der Waals surface area contributed by atoms with Crippen molar-refractivity contribution in [1.29, 1.82) is 0 Å². The van der Waals surface area contributed by atoms with Crippen LogP contribution in [0.15, 0.2) is 12.1 Å². The average molecular weight is 335 g/mol. The number of carboxylic acids is 1. The molecule has 0 bridgehead atoms. The average Bonchev–Trinajstić information content (AvgIpc) is 2.76. The van der Waals surface area contributed by atoms with Crippen LogP contribution in [-0.4, -0.2) is 39.1 Å². The number of carbonyl (C=O) groups excluding carboxylic acids is 1. The second-order valence-electron chi connectivity index (χ2n) is 4.35. The summed E-state index contributed by atoms with van der Waals surface area (Å²) in [5.74, 6) is -1.08. The van der Waals surface area contributed by atoms with E-state index in [0.717, 1.165) is 0 Å². The molecule has 1 saturated heterocycles. The van der Waals surface area contributed by atoms with Gasteiger partial charge in [0, 0.05) is 11.3 Å². The smallest absolute Gasteiger partial charge is 0.327 e. The van der Waals surface area contributed by atoms with Crippen molar-refractivity contribution >= 4 is 52.5 Å². The van der Waals surface area contributed by atoms with Gasteiger partial charge >= 0.3 is 5.97 Å². The molecule has 0 aliphatic carbocycles. The molecule has 5 nitrogen and oxygen atoms in total. The van der Waals surface area contributed by atoms with Gasteiger partial charge in [-0.25, -0.2) is 4.79 Å². The Morgan fingerprint density at radius 3 is 2.45 bits per heavy atom. The van der Waals surface area contributed by atoms with Crippen LogP contribution in [0.5, 0.6) is 0 Å². The van der Waals surface area contributed by atoms with Crippen molar-refractivity contribution in [2.24, 2.45) is 0 Å². The molecule has 2 rings (SSSR count). The topological polar surface area (TPSA) is 83.6 Å². The van der Waals surface area contributed by atoms with Crippen LogP contribution in [0.1, 0.15) is 17.3 Å². The number of hydrogen-bond donors (Lipinski definition) is 2. The lowest BCUT2D eigenvalue weighted by atomic mass is 10.1. The molecule has 1 fully saturated rings. The Labute approximate surface area is 130 Å². The number of anilines is 1. The number of halogens is 2. The fraction of sp³-hybridized carbons (Fsp3) is 0.333. The number of nitrogens with zero attached hydrogens (tertiary/aromatic N) is 1. The fourth-order valence-corrected chi connectivity index (χ4v) is 3.65. The summed E-state index contributed by atoms with van der Waals surface area (Å²) >= 11 is 13.2. The first-order valence-corrected chi connectivity index (χ1v) is 7.55. The van der Waals surface area contributed by atoms with Gasteiger partial charge < -0.3 is 15.7 Å². The third-order valence-electron chi connectivity index (χ3n) is 3.07. The van der Waals surface area contributed by atoms with E-state index in [-0.39, 0.29) is 26.7 Å². The lowest BCUT2D eigenvalue weighted by Gasteiger charge is -2.25. The third-order valence-corrected chi connectivity index (χ3v) is 4.91. The van der Waals surface area contributed by atoms with Crippen LogP contribution < -0.4 is 5.73 Å². The van der Waals surface area contributed by atoms with Crippen LogP contribution in [-0.2, 0) is 4.79 Å². The first-order valence-electron chi connectivity index (χ1n) is 5.74. The summed E-state index contributed by atoms with van der Waals surface area (Å²) in [6, 6.07) is 1.96. The molecular weight excluding hydrogens is 323 g/mol. The molecule has 0 aromatic heterocycles. The molecule has 1 amide bonds. The summed E-state index contributed by atoms with van der Waals surface area (Å²) in [5.41, 5.74) is 6.05. The zero-order valence-electron chi connectivity index (χ0n) is 10.5. The highest BCUT2D eigenvalue weighted by Crippen LogP contribution is 2.33. The maximum absolute atomic E-state index is 12.5. The molecule has 1 aromatic carbocycles. The highest BCUT2D eigenvalue weighted by Gasteiger charge is 2.39. The molecule has 0 saturated carbocycles. The van der Waals surface area contributed by atoms with Crippen molar-refractivity contribution in [2.75, 3.05) is 11.5 Å². The van der Waals surface area contributed by atoms with E-state index in [4.69, 9.17) is 28.9 Å². The number of nitrogen functional groups attached to an aromatic ring is 1. The maximum atomic E-state index is 12.5. The van der Waals surface area contributed by atoms with Gasteiger partial charge in [-0.15, -0.1) is 11.8 Å². The summed E-state index contributed by atoms with van der Waals surface area (Å²) < 4.78 is 0. The summed E-state index contributed by atoms with van der Waals surface area (Å²) in [5, 5.41) is 9.29. The van der Waals surface area contributed by atoms with Crippen molar-refractivity contribution in [2.45, 2.75) is 18.3 Å². The van der Waals surface area contributed by atoms with Crippen LogP contribution in [0, 0.1) is 0 Å². The SMILES string of the molecule is CC1SCC(C(=O)O)N1C(=O)c1cc(Cl)c(N)c(Cl)c1. The van der Waals surface area contributed by atoms with Gasteiger partial charge in [0.05, 0.1) is 21.1 Å². The van der Waals surface area contributed by atoms with E-state index in [0.29, 0.717) is 5.75 Å². The van der Waals surface area contributed by atoms with Gasteiger partial charge in [0.25, 0.3) is 5.91 Å². The Morgan fingerprint density at radius 1 is 1.40 bits per heavy atom. The van der Waals surface area contributed by atoms with Crippen LogP contribution in [0.3, 0.4) is 0 Å². The van der Waals surface area contributed by atoms with Gasteiger partial charge in [-0.3, -0.25) is 4.79 Å². The van der Waals surface area contributed by atoms with Gasteiger partial charge in [-0.1, -0.05) is 23.2 Å². The standard InChI is InChI=1S/C12H12Cl2N2O3S/c1-5-16(9(4-20-5)12(18)19)11(17)6-2-7(13)10(15)8(14)3-6/h2-3,5,9H,4,15H2,1H3,(H,18,19). The molecule has 108 valence electrons. The first kappa shape index (κ1) is 15.3. The molecule has 3 N–H and O–H groups in total. The number of thioether (sulfide) groups is 1. The van der Waals surface area contributed by atoms with Gasteiger partial charge in [-0.2, -0.15) is 0 Å². The number of rotatable bonds is 2. The summed E-state index contributed by atoms with van der Waals surface area (Å²) in [6.07, 6.45) is 0. The van der Waals surface area contributed by atoms with Crippen LogP contribution in [0.4, 0.5) is 5.69 Å². The Hall–Kier alpha value is -1.11. The van der Waals surface area contributed by atoms with Crippen molar-refractivity contribution < 1.29 is 14.7 Å². The summed E-state index contributed by atoms with van der Waals surface area (Å²) in [6.45, 7) is 1.78. The number of aliphatic carboxylic acids is 1. The maximum Gasteiger partial charge on any atom is 0.327 e. The first-order chi connectivity index (χ1) is 9.32. The Balaban J connectivity index is 2.37. The minimum Gasteiger partial charge on any atom is -0.480 e. The van der Waals surface area contributed by atoms with E-state index in [9.17, 15) is 14.7 Å². The lowest BCUT2D eigenvalue weighted by molar-refractivity contribution is -0.141. The quantitative estimate of drug-likeness (QED) is 0.812. The van der Waals surface area contributed by atoms with Crippen molar-refractivity contribution in [1.82, 2.24) is 4.90 Å². The second kappa shape index (κ2) is 5.71. The second-order valence-corrected chi connectivity index (χ2v) is 6.52. The molecule has 1 aliphatic rings. The van der Waals surface area contributed by atoms with Gasteiger partial charge in [-0.05, 0) is 19.1 Å². The molecule has 1 heterocycles. The number of amides is 1. The molecule has 0 radical (unpaired) electrons. The minimum atomic E-state index is -1.03. The van der Waals surface area contributed by atoms with Gasteiger partial charge in [0.1, 0.15) is 6.04 Å². The van der Waals surface area contributed by atoms with Crippen molar-refractivity contribution in [3.8, 4) is 0 Å². The third kappa shape index (κ3) is 2.68. The van der Waals surface area contributed by atoms with E-state index in [1.54, 1.807) is 6.92 Å². The normalized spacial score (nSPS) is 22.1. The van der Waals surface area contributed by atoms with E-state index in [1.807, 2.05) is 0 Å². The van der Waals surface area contributed by atoms with Crippen LogP contribution in [0.25, 0.3) is 0 Å². The Morgan fingerprint density at radius 2 is 1.95 bits per heavy atom. The van der Waals surface area contributed by atoms with Crippen molar-refractivity contribution in [3.05, 3.63) is 27.7 Å². The lowest BCUT2D eigenvalue weighted by Crippen LogP contribution is -2.44. The monoisotopic (exact) mass is 334 g/mol. The molecule has 20 heavy (non-hydrogen) atoms. The molecule has 1 aliphatic heterocycles. The van der Waals surface area contributed by atoms with Crippen LogP contribution >= 0.6 is 35.0 Å². The van der Waals surface area contributed by atoms with E-state index in [2.05, 4.69) is 0 Å². The molecular formula is C12H12Cl2N2O3S. The summed E-state index contributed by atoms with van der Waals surface area (Å²) in [7, 11) is 0. The number of nitrogens with two attached hydrogens (primary N) is 1. The molecule has 1 aromatic rings. The zero-order chi connectivity index (χ0) is 15.0. The number of carbonyl (C=O) groups is 2. The van der Waals surface area contributed by atoms with Crippen LogP contribution in [0.2, 0.25) is 10.0 Å². The van der Waals surface area contributed by atoms with E-state index >= 15 is 0 Å². The largest absolute Gasteiger partial charge is 0.480 e. The highest BCUT2D eigenvalue weighted by molar-refractivity contribution is 8.00. The highest BCUT2D eigenvalue weighted by atomic mass is 35.5. The summed E-state index contributed by atoms with van der Waals surface area (Å²) in [4.78, 5) is 25.0. The molecule has 8 heteroatoms. The zero-order valence-corrected chi connectivity index (χ0v) is 12.8. The molecule has 2 atom stereocenters. The predicted molar refractivity (Wildman–Crippen MR) is 80.4 cm³/mol. The predicted octanol–water partition coefficient (Wildman–Crippen LogP) is 2.56. The Bertz CT molecular complexity index is 559. The molecule has 0 spiro atoms. The van der Waals surface area contributed by atoms with E-state index in [1.165, 1.54) is 28.8 Å². The molecule has 2 unspecified atom stereocenters. The Kier molecular flexibility index (Phi) is 4.36. The van der Waals surface area contributed by atoms with Gasteiger partial charge in [0.2, 0.25) is 0 Å². The minimum absolute atomic E-state index is 0.173. The van der Waals surface area contributed by atoms with E-state index < -0.39 is 17.9 Å². The van der Waals surface area contributed by atoms with Crippen molar-refractivity contribution in [3.63, 3.8) is 0 Å².